The SMILES string of the molecule is CCCN(c1ccc(F)c(C(N)=O)c1F)S(=O)[O-]. The Bertz CT molecular complexity index is 496. The van der Waals surface area contributed by atoms with Crippen LogP contribution in [0, 0.1) is 11.6 Å². The van der Waals surface area contributed by atoms with E-state index < -0.39 is 40.1 Å². The first-order chi connectivity index (χ1) is 8.40. The quantitative estimate of drug-likeness (QED) is 0.817. The number of hydrogen-bond donors (Lipinski definition) is 1. The Hall–Kier alpha value is -1.54. The van der Waals surface area contributed by atoms with Gasteiger partial charge in [-0.1, -0.05) is 6.92 Å². The predicted octanol–water partition coefficient (Wildman–Crippen LogP) is 1.07. The molecule has 0 aliphatic rings. The molecule has 1 unspecified atom stereocenters. The lowest BCUT2D eigenvalue weighted by Gasteiger charge is -2.26. The summed E-state index contributed by atoms with van der Waals surface area (Å²) < 4.78 is 49.7. The number of halogens is 2. The van der Waals surface area contributed by atoms with Gasteiger partial charge in [-0.15, -0.1) is 0 Å². The van der Waals surface area contributed by atoms with Gasteiger partial charge in [0.25, 0.3) is 5.91 Å². The van der Waals surface area contributed by atoms with Crippen LogP contribution in [0.25, 0.3) is 0 Å². The van der Waals surface area contributed by atoms with Crippen molar-refractivity contribution in [2.75, 3.05) is 10.8 Å². The summed E-state index contributed by atoms with van der Waals surface area (Å²) in [4.78, 5) is 10.9. The molecule has 0 fully saturated rings. The number of rotatable bonds is 5. The smallest absolute Gasteiger partial charge is 0.254 e. The van der Waals surface area contributed by atoms with Crippen molar-refractivity contribution in [2.24, 2.45) is 5.73 Å². The van der Waals surface area contributed by atoms with Crippen LogP contribution < -0.4 is 10.0 Å². The highest BCUT2D eigenvalue weighted by Gasteiger charge is 2.21. The minimum absolute atomic E-state index is 0.0108. The molecule has 0 heterocycles. The second-order valence-corrected chi connectivity index (χ2v) is 4.31. The monoisotopic (exact) mass is 277 g/mol. The molecule has 0 saturated heterocycles. The van der Waals surface area contributed by atoms with Crippen LogP contribution in [0.1, 0.15) is 23.7 Å². The van der Waals surface area contributed by atoms with Gasteiger partial charge in [-0.05, 0) is 18.6 Å². The summed E-state index contributed by atoms with van der Waals surface area (Å²) in [6.45, 7) is 1.70. The van der Waals surface area contributed by atoms with Crippen LogP contribution in [-0.4, -0.2) is 21.2 Å². The van der Waals surface area contributed by atoms with Crippen LogP contribution in [0.2, 0.25) is 0 Å². The highest BCUT2D eigenvalue weighted by molar-refractivity contribution is 7.80. The van der Waals surface area contributed by atoms with Crippen LogP contribution in [0.5, 0.6) is 0 Å². The molecule has 1 amide bonds. The van der Waals surface area contributed by atoms with Gasteiger partial charge in [-0.2, -0.15) is 0 Å². The zero-order chi connectivity index (χ0) is 13.9. The van der Waals surface area contributed by atoms with Gasteiger partial charge in [0.05, 0.1) is 5.69 Å². The van der Waals surface area contributed by atoms with Gasteiger partial charge in [-0.3, -0.25) is 13.3 Å². The number of anilines is 1. The summed E-state index contributed by atoms with van der Waals surface area (Å²) in [5, 5.41) is 0. The van der Waals surface area contributed by atoms with E-state index >= 15 is 0 Å². The van der Waals surface area contributed by atoms with Gasteiger partial charge < -0.3 is 10.3 Å². The van der Waals surface area contributed by atoms with Crippen molar-refractivity contribution < 1.29 is 22.3 Å². The maximum absolute atomic E-state index is 13.9. The van der Waals surface area contributed by atoms with E-state index in [1.807, 2.05) is 0 Å². The molecule has 0 aliphatic heterocycles. The van der Waals surface area contributed by atoms with E-state index in [0.717, 1.165) is 12.1 Å². The summed E-state index contributed by atoms with van der Waals surface area (Å²) in [6.07, 6.45) is 0.427. The number of amides is 1. The van der Waals surface area contributed by atoms with Gasteiger partial charge in [-0.25, -0.2) is 8.78 Å². The van der Waals surface area contributed by atoms with Crippen LogP contribution in [0.15, 0.2) is 12.1 Å². The number of primary amides is 1. The first kappa shape index (κ1) is 14.5. The number of benzene rings is 1. The Kier molecular flexibility index (Phi) is 4.74. The average molecular weight is 277 g/mol. The minimum atomic E-state index is -2.72. The lowest BCUT2D eigenvalue weighted by Crippen LogP contribution is -2.28. The van der Waals surface area contributed by atoms with Gasteiger partial charge in [0.2, 0.25) is 0 Å². The second-order valence-electron chi connectivity index (χ2n) is 3.44. The molecule has 8 heteroatoms. The maximum Gasteiger partial charge on any atom is 0.254 e. The molecule has 0 aromatic heterocycles. The number of nitrogens with two attached hydrogens (primary N) is 1. The molecule has 0 bridgehead atoms. The number of hydrogen-bond acceptors (Lipinski definition) is 3. The van der Waals surface area contributed by atoms with Gasteiger partial charge in [0.15, 0.2) is 5.82 Å². The first-order valence-corrected chi connectivity index (χ1v) is 6.08. The van der Waals surface area contributed by atoms with E-state index in [1.165, 1.54) is 0 Å². The average Bonchev–Trinajstić information content (AvgIpc) is 2.26. The van der Waals surface area contributed by atoms with Crippen molar-refractivity contribution in [3.8, 4) is 0 Å². The molecule has 1 rings (SSSR count). The molecular formula is C10H11F2N2O3S-. The molecule has 0 spiro atoms. The third kappa shape index (κ3) is 2.82. The molecule has 18 heavy (non-hydrogen) atoms. The zero-order valence-electron chi connectivity index (χ0n) is 9.48. The lowest BCUT2D eigenvalue weighted by atomic mass is 10.1. The molecule has 0 saturated carbocycles. The predicted molar refractivity (Wildman–Crippen MR) is 61.4 cm³/mol. The fraction of sp³-hybridized carbons (Fsp3) is 0.300. The van der Waals surface area contributed by atoms with Crippen LogP contribution in [-0.2, 0) is 11.3 Å². The molecular weight excluding hydrogens is 266 g/mol. The van der Waals surface area contributed by atoms with Crippen molar-refractivity contribution in [1.82, 2.24) is 0 Å². The summed E-state index contributed by atoms with van der Waals surface area (Å²) in [5.74, 6) is -3.70. The van der Waals surface area contributed by atoms with Crippen LogP contribution in [0.4, 0.5) is 14.5 Å². The summed E-state index contributed by atoms with van der Waals surface area (Å²) >= 11 is -2.72. The lowest BCUT2D eigenvalue weighted by molar-refractivity contribution is 0.0992. The van der Waals surface area contributed by atoms with E-state index in [0.29, 0.717) is 10.7 Å². The molecule has 100 valence electrons. The Morgan fingerprint density at radius 2 is 2.11 bits per heavy atom. The molecule has 1 aromatic carbocycles. The van der Waals surface area contributed by atoms with Crippen molar-refractivity contribution in [3.05, 3.63) is 29.3 Å². The minimum Gasteiger partial charge on any atom is -0.755 e. The summed E-state index contributed by atoms with van der Waals surface area (Å²) in [5.41, 5.74) is 3.50. The maximum atomic E-state index is 13.9. The Morgan fingerprint density at radius 1 is 1.50 bits per heavy atom. The Labute approximate surface area is 105 Å². The van der Waals surface area contributed by atoms with Crippen LogP contribution >= 0.6 is 0 Å². The van der Waals surface area contributed by atoms with Crippen LogP contribution in [0.3, 0.4) is 0 Å². The van der Waals surface area contributed by atoms with E-state index in [9.17, 15) is 22.3 Å². The molecule has 0 aliphatic carbocycles. The van der Waals surface area contributed by atoms with E-state index in [4.69, 9.17) is 5.73 Å². The normalized spacial score (nSPS) is 12.2. The number of carbonyl (C=O) groups excluding carboxylic acids is 1. The largest absolute Gasteiger partial charge is 0.755 e. The standard InChI is InChI=1S/C10H12F2N2O3S/c1-2-5-14(18(16)17)7-4-3-6(11)8(9(7)12)10(13)15/h3-4H,2,5H2,1H3,(H2,13,15)(H,16,17)/p-1. The fourth-order valence-corrected chi connectivity index (χ4v) is 2.07. The highest BCUT2D eigenvalue weighted by Crippen LogP contribution is 2.25. The molecule has 1 aromatic rings. The zero-order valence-corrected chi connectivity index (χ0v) is 10.3. The summed E-state index contributed by atoms with van der Waals surface area (Å²) in [7, 11) is 0. The molecule has 2 N–H and O–H groups in total. The fourth-order valence-electron chi connectivity index (χ4n) is 1.44. The second kappa shape index (κ2) is 5.87. The number of nitrogens with zero attached hydrogens (tertiary/aromatic N) is 1. The first-order valence-electron chi connectivity index (χ1n) is 5.04. The molecule has 1 atom stereocenters. The third-order valence-corrected chi connectivity index (χ3v) is 2.93. The van der Waals surface area contributed by atoms with Crippen molar-refractivity contribution >= 4 is 22.9 Å². The van der Waals surface area contributed by atoms with Gasteiger partial charge in [0, 0.05) is 17.8 Å². The Morgan fingerprint density at radius 3 is 2.56 bits per heavy atom. The van der Waals surface area contributed by atoms with E-state index in [-0.39, 0.29) is 6.54 Å². The van der Waals surface area contributed by atoms with Gasteiger partial charge in [0.1, 0.15) is 11.4 Å². The topological polar surface area (TPSA) is 86.5 Å². The number of carbonyl (C=O) groups is 1. The third-order valence-electron chi connectivity index (χ3n) is 2.19. The van der Waals surface area contributed by atoms with Gasteiger partial charge >= 0.3 is 0 Å². The van der Waals surface area contributed by atoms with Crippen molar-refractivity contribution in [3.63, 3.8) is 0 Å². The molecule has 0 radical (unpaired) electrons. The van der Waals surface area contributed by atoms with Crippen molar-refractivity contribution in [2.45, 2.75) is 13.3 Å². The Balaban J connectivity index is 3.37. The van der Waals surface area contributed by atoms with E-state index in [2.05, 4.69) is 0 Å². The van der Waals surface area contributed by atoms with Crippen molar-refractivity contribution in [1.29, 1.82) is 0 Å². The highest BCUT2D eigenvalue weighted by atomic mass is 32.2. The van der Waals surface area contributed by atoms with E-state index in [1.54, 1.807) is 6.92 Å². The molecule has 5 nitrogen and oxygen atoms in total. The summed E-state index contributed by atoms with van der Waals surface area (Å²) in [6, 6.07) is 1.75.